The number of rotatable bonds is 4. The van der Waals surface area contributed by atoms with Crippen LogP contribution in [0.25, 0.3) is 21.7 Å². The van der Waals surface area contributed by atoms with Crippen LogP contribution in [0.1, 0.15) is 22.2 Å². The Morgan fingerprint density at radius 3 is 2.54 bits per heavy atom. The third-order valence-electron chi connectivity index (χ3n) is 6.20. The zero-order chi connectivity index (χ0) is 24.1. The van der Waals surface area contributed by atoms with Crippen molar-refractivity contribution in [1.82, 2.24) is 4.98 Å². The number of anilines is 1. The highest BCUT2D eigenvalue weighted by atomic mass is 79.9. The molecule has 0 aliphatic carbocycles. The molecule has 0 spiro atoms. The minimum atomic E-state index is -0.858. The first-order chi connectivity index (χ1) is 17.0. The summed E-state index contributed by atoms with van der Waals surface area (Å²) in [7, 11) is 0. The summed E-state index contributed by atoms with van der Waals surface area (Å²) in [5.74, 6) is -1.74. The van der Waals surface area contributed by atoms with Crippen molar-refractivity contribution in [3.63, 3.8) is 0 Å². The molecular formula is C28H17BrN2O4. The zero-order valence-corrected chi connectivity index (χ0v) is 19.8. The van der Waals surface area contributed by atoms with Crippen molar-refractivity contribution in [2.24, 2.45) is 0 Å². The van der Waals surface area contributed by atoms with E-state index in [-0.39, 0.29) is 11.3 Å². The Bertz CT molecular complexity index is 1670. The molecule has 170 valence electrons. The van der Waals surface area contributed by atoms with Gasteiger partial charge >= 0.3 is 0 Å². The number of aliphatic hydroxyl groups excluding tert-OH is 1. The van der Waals surface area contributed by atoms with Crippen LogP contribution < -0.4 is 4.90 Å². The molecule has 6 rings (SSSR count). The molecule has 0 saturated heterocycles. The first-order valence-electron chi connectivity index (χ1n) is 10.9. The van der Waals surface area contributed by atoms with Gasteiger partial charge in [-0.05, 0) is 53.4 Å². The van der Waals surface area contributed by atoms with E-state index in [0.717, 1.165) is 20.6 Å². The first kappa shape index (κ1) is 21.3. The van der Waals surface area contributed by atoms with Gasteiger partial charge < -0.3 is 9.52 Å². The molecule has 1 aliphatic heterocycles. The van der Waals surface area contributed by atoms with E-state index in [1.54, 1.807) is 36.7 Å². The van der Waals surface area contributed by atoms with E-state index in [1.807, 2.05) is 54.6 Å². The van der Waals surface area contributed by atoms with Gasteiger partial charge in [0.15, 0.2) is 11.5 Å². The quantitative estimate of drug-likeness (QED) is 0.270. The molecule has 0 radical (unpaired) electrons. The molecule has 3 aromatic carbocycles. The normalized spacial score (nSPS) is 16.0. The second kappa shape index (κ2) is 8.21. The number of fused-ring (bicyclic) bond motifs is 2. The van der Waals surface area contributed by atoms with Gasteiger partial charge in [-0.15, -0.1) is 0 Å². The van der Waals surface area contributed by atoms with Crippen molar-refractivity contribution in [3.8, 4) is 0 Å². The van der Waals surface area contributed by atoms with Crippen LogP contribution in [0, 0.1) is 0 Å². The fourth-order valence-corrected chi connectivity index (χ4v) is 5.00. The van der Waals surface area contributed by atoms with Crippen LogP contribution in [0.3, 0.4) is 0 Å². The van der Waals surface area contributed by atoms with E-state index in [9.17, 15) is 14.7 Å². The summed E-state index contributed by atoms with van der Waals surface area (Å²) in [6.07, 6.45) is 3.19. The molecule has 0 fully saturated rings. The summed E-state index contributed by atoms with van der Waals surface area (Å²) in [6, 6.07) is 22.9. The van der Waals surface area contributed by atoms with E-state index in [1.165, 1.54) is 4.90 Å². The summed E-state index contributed by atoms with van der Waals surface area (Å²) < 4.78 is 6.67. The Hall–Kier alpha value is -4.23. The highest BCUT2D eigenvalue weighted by molar-refractivity contribution is 9.10. The molecule has 1 unspecified atom stereocenters. The zero-order valence-electron chi connectivity index (χ0n) is 18.2. The lowest BCUT2D eigenvalue weighted by molar-refractivity contribution is -0.117. The van der Waals surface area contributed by atoms with Crippen LogP contribution in [0.4, 0.5) is 5.69 Å². The van der Waals surface area contributed by atoms with Crippen LogP contribution in [0.2, 0.25) is 0 Å². The number of halogens is 1. The second-order valence-corrected chi connectivity index (χ2v) is 9.16. The number of aromatic nitrogens is 1. The van der Waals surface area contributed by atoms with Gasteiger partial charge in [0.2, 0.25) is 5.78 Å². The third-order valence-corrected chi connectivity index (χ3v) is 6.70. The van der Waals surface area contributed by atoms with E-state index < -0.39 is 23.5 Å². The number of furan rings is 1. The van der Waals surface area contributed by atoms with Gasteiger partial charge in [-0.2, -0.15) is 0 Å². The summed E-state index contributed by atoms with van der Waals surface area (Å²) in [5.41, 5.74) is 1.74. The molecule has 0 saturated carbocycles. The molecule has 1 amide bonds. The number of aliphatic hydroxyl groups is 1. The predicted octanol–water partition coefficient (Wildman–Crippen LogP) is 6.53. The predicted molar refractivity (Wildman–Crippen MR) is 136 cm³/mol. The fourth-order valence-electron chi connectivity index (χ4n) is 4.62. The molecule has 7 heteroatoms. The second-order valence-electron chi connectivity index (χ2n) is 8.24. The number of hydrogen-bond donors (Lipinski definition) is 1. The van der Waals surface area contributed by atoms with Crippen molar-refractivity contribution >= 4 is 55.0 Å². The topological polar surface area (TPSA) is 83.6 Å². The number of ketones is 1. The average Bonchev–Trinajstić information content (AvgIpc) is 3.42. The van der Waals surface area contributed by atoms with E-state index in [0.29, 0.717) is 16.8 Å². The van der Waals surface area contributed by atoms with E-state index in [4.69, 9.17) is 4.42 Å². The largest absolute Gasteiger partial charge is 0.503 e. The first-order valence-corrected chi connectivity index (χ1v) is 11.7. The number of carbonyl (C=O) groups excluding carboxylic acids is 2. The lowest BCUT2D eigenvalue weighted by atomic mass is 9.95. The van der Waals surface area contributed by atoms with Crippen molar-refractivity contribution in [2.45, 2.75) is 6.04 Å². The maximum atomic E-state index is 13.8. The van der Waals surface area contributed by atoms with Crippen LogP contribution in [-0.2, 0) is 4.79 Å². The van der Waals surface area contributed by atoms with Crippen LogP contribution in [0.15, 0.2) is 111 Å². The number of pyridine rings is 1. The van der Waals surface area contributed by atoms with Gasteiger partial charge in [0.05, 0.1) is 17.3 Å². The number of amides is 1. The van der Waals surface area contributed by atoms with Crippen molar-refractivity contribution in [1.29, 1.82) is 0 Å². The molecule has 2 aromatic heterocycles. The molecule has 6 nitrogen and oxygen atoms in total. The maximum absolute atomic E-state index is 13.8. The number of nitrogens with zero attached hydrogens (tertiary/aromatic N) is 2. The third kappa shape index (κ3) is 3.43. The number of carbonyl (C=O) groups is 2. The summed E-state index contributed by atoms with van der Waals surface area (Å²) in [6.45, 7) is 0. The van der Waals surface area contributed by atoms with Gasteiger partial charge in [0.1, 0.15) is 5.58 Å². The maximum Gasteiger partial charge on any atom is 0.294 e. The average molecular weight is 525 g/mol. The van der Waals surface area contributed by atoms with Crippen molar-refractivity contribution in [2.75, 3.05) is 4.90 Å². The molecule has 5 aromatic rings. The standard InChI is InChI=1S/C28H17BrN2O4/c29-19-8-9-22-18(14-19)15-23(35-22)26(32)24-25(17-10-12-30-13-11-17)31(28(34)27(24)33)21-7-3-5-16-4-1-2-6-20(16)21/h1-15,25,33H. The molecule has 1 atom stereocenters. The smallest absolute Gasteiger partial charge is 0.294 e. The van der Waals surface area contributed by atoms with Gasteiger partial charge in [0.25, 0.3) is 5.91 Å². The van der Waals surface area contributed by atoms with Crippen molar-refractivity contribution in [3.05, 3.63) is 118 Å². The molecule has 1 N–H and O–H groups in total. The highest BCUT2D eigenvalue weighted by Crippen LogP contribution is 2.44. The van der Waals surface area contributed by atoms with Gasteiger partial charge in [-0.25, -0.2) is 0 Å². The fraction of sp³-hybridized carbons (Fsp3) is 0.0357. The molecular weight excluding hydrogens is 508 g/mol. The number of Topliss-reactive ketones (excluding diaryl/α,β-unsaturated/α-hetero) is 1. The minimum absolute atomic E-state index is 0.0349. The lowest BCUT2D eigenvalue weighted by Crippen LogP contribution is -2.31. The number of benzene rings is 3. The SMILES string of the molecule is O=C(C1=C(O)C(=O)N(c2cccc3ccccc23)C1c1ccncc1)c1cc2cc(Br)ccc2o1. The molecule has 35 heavy (non-hydrogen) atoms. The van der Waals surface area contributed by atoms with Crippen LogP contribution in [0.5, 0.6) is 0 Å². The molecule has 0 bridgehead atoms. The monoisotopic (exact) mass is 524 g/mol. The summed E-state index contributed by atoms with van der Waals surface area (Å²) in [4.78, 5) is 32.8. The summed E-state index contributed by atoms with van der Waals surface area (Å²) in [5, 5.41) is 13.6. The minimum Gasteiger partial charge on any atom is -0.503 e. The van der Waals surface area contributed by atoms with Gasteiger partial charge in [0, 0.05) is 27.6 Å². The summed E-state index contributed by atoms with van der Waals surface area (Å²) >= 11 is 3.42. The van der Waals surface area contributed by atoms with Crippen LogP contribution >= 0.6 is 15.9 Å². The Kier molecular flexibility index (Phi) is 5.00. The Morgan fingerprint density at radius 1 is 0.943 bits per heavy atom. The van der Waals surface area contributed by atoms with Crippen LogP contribution in [-0.4, -0.2) is 21.8 Å². The van der Waals surface area contributed by atoms with E-state index >= 15 is 0 Å². The molecule has 3 heterocycles. The Balaban J connectivity index is 1.54. The Morgan fingerprint density at radius 2 is 1.71 bits per heavy atom. The Labute approximate surface area is 208 Å². The molecule has 1 aliphatic rings. The lowest BCUT2D eigenvalue weighted by Gasteiger charge is -2.27. The highest BCUT2D eigenvalue weighted by Gasteiger charge is 2.45. The van der Waals surface area contributed by atoms with Gasteiger partial charge in [-0.1, -0.05) is 52.3 Å². The van der Waals surface area contributed by atoms with E-state index in [2.05, 4.69) is 20.9 Å². The van der Waals surface area contributed by atoms with Crippen molar-refractivity contribution < 1.29 is 19.1 Å². The number of hydrogen-bond acceptors (Lipinski definition) is 5. The van der Waals surface area contributed by atoms with Gasteiger partial charge in [-0.3, -0.25) is 19.5 Å².